The second-order valence-electron chi connectivity index (χ2n) is 5.23. The predicted molar refractivity (Wildman–Crippen MR) is 90.2 cm³/mol. The summed E-state index contributed by atoms with van der Waals surface area (Å²) >= 11 is 3.36. The number of hydrogen-bond acceptors (Lipinski definition) is 4. The number of rotatable bonds is 3. The van der Waals surface area contributed by atoms with Crippen LogP contribution in [0.5, 0.6) is 0 Å². The molecule has 0 N–H and O–H groups in total. The Morgan fingerprint density at radius 3 is 3.14 bits per heavy atom. The Balaban J connectivity index is 1.94. The first-order valence-electron chi connectivity index (χ1n) is 7.18. The van der Waals surface area contributed by atoms with Crippen molar-refractivity contribution in [1.82, 2.24) is 4.90 Å². The van der Waals surface area contributed by atoms with Gasteiger partial charge in [0.2, 0.25) is 0 Å². The molecule has 2 aliphatic rings. The molecule has 5 heteroatoms. The molecule has 2 aliphatic heterocycles. The molecule has 0 bridgehead atoms. The molecule has 2 aromatic rings. The summed E-state index contributed by atoms with van der Waals surface area (Å²) in [6.07, 6.45) is 2.12. The third kappa shape index (κ3) is 2.10. The van der Waals surface area contributed by atoms with E-state index in [0.29, 0.717) is 0 Å². The average molecular weight is 318 g/mol. The molecule has 2 nitrogen and oxygen atoms in total. The molecule has 0 spiro atoms. The van der Waals surface area contributed by atoms with Gasteiger partial charge in [-0.15, -0.1) is 11.3 Å². The van der Waals surface area contributed by atoms with Crippen LogP contribution in [-0.2, 0) is 0 Å². The van der Waals surface area contributed by atoms with Crippen LogP contribution in [0, 0.1) is 5.82 Å². The molecule has 108 valence electrons. The number of hydrogen-bond donors (Lipinski definition) is 0. The number of thioether (sulfide) groups is 1. The molecule has 21 heavy (non-hydrogen) atoms. The Bertz CT molecular complexity index is 776. The van der Waals surface area contributed by atoms with Crippen LogP contribution in [0.15, 0.2) is 33.5 Å². The minimum Gasteiger partial charge on any atom is -0.318 e. The number of allylic oxidation sites excluding steroid dienone is 1. The highest BCUT2D eigenvalue weighted by Gasteiger charge is 2.33. The molecule has 0 radical (unpaired) electrons. The first-order valence-corrected chi connectivity index (χ1v) is 8.87. The molecule has 3 heterocycles. The number of nitrogens with zero attached hydrogens (tertiary/aromatic N) is 2. The number of halogens is 1. The monoisotopic (exact) mass is 318 g/mol. The summed E-state index contributed by atoms with van der Waals surface area (Å²) in [5.41, 5.74) is 2.20. The zero-order chi connectivity index (χ0) is 14.4. The highest BCUT2D eigenvalue weighted by atomic mass is 32.2. The van der Waals surface area contributed by atoms with Crippen LogP contribution in [0.3, 0.4) is 0 Å². The van der Waals surface area contributed by atoms with E-state index < -0.39 is 0 Å². The number of aliphatic imine (C=N–C) groups is 1. The van der Waals surface area contributed by atoms with Gasteiger partial charge in [-0.05, 0) is 30.0 Å². The van der Waals surface area contributed by atoms with E-state index in [-0.39, 0.29) is 5.82 Å². The van der Waals surface area contributed by atoms with E-state index in [0.717, 1.165) is 46.7 Å². The lowest BCUT2D eigenvalue weighted by Gasteiger charge is -2.18. The standard InChI is InChI=1S/C16H15FN2S2/c1-2-3-13-15(19-6-5-18-16(19)21-13)12-8-10(17)9-14-11(12)4-7-20-14/h4,7-9H,2-3,5-6H2,1H3. The molecule has 0 fully saturated rings. The molecule has 1 aromatic heterocycles. The van der Waals surface area contributed by atoms with E-state index in [1.54, 1.807) is 35.2 Å². The van der Waals surface area contributed by atoms with Gasteiger partial charge in [0.1, 0.15) is 5.82 Å². The van der Waals surface area contributed by atoms with Crippen molar-refractivity contribution in [2.24, 2.45) is 4.99 Å². The van der Waals surface area contributed by atoms with Crippen LogP contribution < -0.4 is 0 Å². The zero-order valence-electron chi connectivity index (χ0n) is 11.7. The normalized spacial score (nSPS) is 17.8. The summed E-state index contributed by atoms with van der Waals surface area (Å²) in [7, 11) is 0. The molecule has 0 atom stereocenters. The third-order valence-corrected chi connectivity index (χ3v) is 5.86. The maximum atomic E-state index is 14.0. The maximum absolute atomic E-state index is 14.0. The van der Waals surface area contributed by atoms with Crippen LogP contribution in [0.2, 0.25) is 0 Å². The van der Waals surface area contributed by atoms with Crippen LogP contribution in [0.25, 0.3) is 15.8 Å². The minimum atomic E-state index is -0.155. The highest BCUT2D eigenvalue weighted by Crippen LogP contribution is 2.45. The predicted octanol–water partition coefficient (Wildman–Crippen LogP) is 4.93. The summed E-state index contributed by atoms with van der Waals surface area (Å²) in [4.78, 5) is 8.16. The Hall–Kier alpha value is -1.33. The second kappa shape index (κ2) is 5.14. The van der Waals surface area contributed by atoms with Crippen LogP contribution >= 0.6 is 23.1 Å². The Kier molecular flexibility index (Phi) is 3.27. The first kappa shape index (κ1) is 13.3. The molecular weight excluding hydrogens is 303 g/mol. The summed E-state index contributed by atoms with van der Waals surface area (Å²) in [6.45, 7) is 3.93. The fourth-order valence-corrected chi connectivity index (χ4v) is 5.08. The van der Waals surface area contributed by atoms with Gasteiger partial charge >= 0.3 is 0 Å². The van der Waals surface area contributed by atoms with E-state index in [9.17, 15) is 4.39 Å². The fraction of sp³-hybridized carbons (Fsp3) is 0.312. The quantitative estimate of drug-likeness (QED) is 0.797. The molecule has 0 saturated carbocycles. The summed E-state index contributed by atoms with van der Waals surface area (Å²) in [5, 5.41) is 4.27. The number of fused-ring (bicyclic) bond motifs is 2. The second-order valence-corrected chi connectivity index (χ2v) is 7.24. The van der Waals surface area contributed by atoms with Crippen molar-refractivity contribution in [3.8, 4) is 0 Å². The maximum Gasteiger partial charge on any atom is 0.168 e. The first-order chi connectivity index (χ1) is 10.3. The molecular formula is C16H15FN2S2. The lowest BCUT2D eigenvalue weighted by Crippen LogP contribution is -2.20. The van der Waals surface area contributed by atoms with Gasteiger partial charge in [0.25, 0.3) is 0 Å². The van der Waals surface area contributed by atoms with Gasteiger partial charge in [0.05, 0.1) is 12.2 Å². The average Bonchev–Trinajstić information content (AvgIpc) is 3.12. The Morgan fingerprint density at radius 1 is 1.38 bits per heavy atom. The highest BCUT2D eigenvalue weighted by molar-refractivity contribution is 8.17. The van der Waals surface area contributed by atoms with E-state index in [4.69, 9.17) is 0 Å². The van der Waals surface area contributed by atoms with Crippen molar-refractivity contribution in [2.45, 2.75) is 19.8 Å². The van der Waals surface area contributed by atoms with Crippen LogP contribution in [0.4, 0.5) is 4.39 Å². The molecule has 1 aromatic carbocycles. The van der Waals surface area contributed by atoms with E-state index in [1.807, 2.05) is 5.38 Å². The summed E-state index contributed by atoms with van der Waals surface area (Å²) < 4.78 is 15.0. The largest absolute Gasteiger partial charge is 0.318 e. The minimum absolute atomic E-state index is 0.155. The van der Waals surface area contributed by atoms with Gasteiger partial charge in [-0.2, -0.15) is 0 Å². The number of benzene rings is 1. The van der Waals surface area contributed by atoms with Crippen LogP contribution in [0.1, 0.15) is 25.3 Å². The van der Waals surface area contributed by atoms with Gasteiger partial charge in [-0.25, -0.2) is 4.39 Å². The summed E-state index contributed by atoms with van der Waals surface area (Å²) in [5.74, 6) is -0.155. The van der Waals surface area contributed by atoms with Gasteiger partial charge in [-0.1, -0.05) is 25.1 Å². The Labute approximate surface area is 131 Å². The zero-order valence-corrected chi connectivity index (χ0v) is 13.4. The van der Waals surface area contributed by atoms with Gasteiger partial charge in [-0.3, -0.25) is 4.99 Å². The number of thiophene rings is 1. The fourth-order valence-electron chi connectivity index (χ4n) is 2.96. The molecule has 0 amide bonds. The van der Waals surface area contributed by atoms with E-state index in [1.165, 1.54) is 10.6 Å². The van der Waals surface area contributed by atoms with Crippen LogP contribution in [-0.4, -0.2) is 23.2 Å². The molecule has 0 aliphatic carbocycles. The van der Waals surface area contributed by atoms with Crippen molar-refractivity contribution < 1.29 is 4.39 Å². The van der Waals surface area contributed by atoms with E-state index >= 15 is 0 Å². The van der Waals surface area contributed by atoms with Crippen molar-refractivity contribution in [3.05, 3.63) is 39.9 Å². The number of amidine groups is 1. The molecule has 4 rings (SSSR count). The third-order valence-electron chi connectivity index (χ3n) is 3.82. The smallest absolute Gasteiger partial charge is 0.168 e. The van der Waals surface area contributed by atoms with Crippen molar-refractivity contribution in [2.75, 3.05) is 13.1 Å². The lowest BCUT2D eigenvalue weighted by molar-refractivity contribution is 0.624. The Morgan fingerprint density at radius 2 is 2.29 bits per heavy atom. The lowest BCUT2D eigenvalue weighted by atomic mass is 10.0. The topological polar surface area (TPSA) is 15.6 Å². The van der Waals surface area contributed by atoms with E-state index in [2.05, 4.69) is 22.9 Å². The van der Waals surface area contributed by atoms with Gasteiger partial charge < -0.3 is 4.90 Å². The SMILES string of the molecule is CCCC1=C(c2cc(F)cc3sccc23)N2CCN=C2S1. The molecule has 0 saturated heterocycles. The van der Waals surface area contributed by atoms with Crippen molar-refractivity contribution in [1.29, 1.82) is 0 Å². The van der Waals surface area contributed by atoms with Crippen molar-refractivity contribution in [3.63, 3.8) is 0 Å². The van der Waals surface area contributed by atoms with Gasteiger partial charge in [0.15, 0.2) is 5.17 Å². The van der Waals surface area contributed by atoms with Crippen molar-refractivity contribution >= 4 is 44.0 Å². The summed E-state index contributed by atoms with van der Waals surface area (Å²) in [6, 6.07) is 5.41. The molecule has 0 unspecified atom stereocenters. The van der Waals surface area contributed by atoms with Gasteiger partial charge in [0, 0.05) is 27.1 Å².